The second-order valence-electron chi connectivity index (χ2n) is 10.8. The van der Waals surface area contributed by atoms with Crippen LogP contribution in [0, 0.1) is 11.2 Å². The summed E-state index contributed by atoms with van der Waals surface area (Å²) < 4.78 is 16.1. The van der Waals surface area contributed by atoms with E-state index in [-0.39, 0.29) is 16.5 Å². The number of anilines is 2. The third-order valence-corrected chi connectivity index (χ3v) is 6.98. The van der Waals surface area contributed by atoms with Crippen LogP contribution in [-0.2, 0) is 0 Å². The number of aliphatic hydroxyl groups is 1. The van der Waals surface area contributed by atoms with Gasteiger partial charge in [0.2, 0.25) is 0 Å². The first-order chi connectivity index (χ1) is 18.3. The summed E-state index contributed by atoms with van der Waals surface area (Å²) >= 11 is 0. The Morgan fingerprint density at radius 1 is 1.00 bits per heavy atom. The van der Waals surface area contributed by atoms with Crippen molar-refractivity contribution in [2.75, 3.05) is 23.3 Å². The summed E-state index contributed by atoms with van der Waals surface area (Å²) in [7, 11) is 0. The third-order valence-electron chi connectivity index (χ3n) is 6.98. The number of pyridine rings is 3. The molecule has 1 saturated heterocycles. The van der Waals surface area contributed by atoms with Crippen molar-refractivity contribution in [2.24, 2.45) is 5.41 Å². The van der Waals surface area contributed by atoms with Gasteiger partial charge in [-0.05, 0) is 25.3 Å². The topological polar surface area (TPSA) is 132 Å². The number of rotatable bonds is 5. The minimum atomic E-state index is -0.808. The Labute approximate surface area is 218 Å². The van der Waals surface area contributed by atoms with E-state index < -0.39 is 12.0 Å². The van der Waals surface area contributed by atoms with Gasteiger partial charge >= 0.3 is 0 Å². The molecule has 1 fully saturated rings. The van der Waals surface area contributed by atoms with E-state index in [1.54, 1.807) is 30.9 Å². The largest absolute Gasteiger partial charge is 0.373 e. The molecule has 6 rings (SSSR count). The summed E-state index contributed by atoms with van der Waals surface area (Å²) in [4.78, 5) is 23.4. The van der Waals surface area contributed by atoms with Gasteiger partial charge in [-0.25, -0.2) is 9.37 Å². The molecular weight excluding hydrogens is 485 g/mol. The minimum absolute atomic E-state index is 0.133. The second-order valence-corrected chi connectivity index (χ2v) is 10.8. The lowest BCUT2D eigenvalue weighted by Gasteiger charge is -2.28. The van der Waals surface area contributed by atoms with Crippen molar-refractivity contribution in [1.82, 2.24) is 35.1 Å². The molecule has 4 N–H and O–H groups in total. The van der Waals surface area contributed by atoms with Gasteiger partial charge in [0.15, 0.2) is 11.6 Å². The molecule has 5 aromatic heterocycles. The van der Waals surface area contributed by atoms with Gasteiger partial charge in [-0.15, -0.1) is 0 Å². The number of hydrogen-bond acceptors (Lipinski definition) is 8. The zero-order chi connectivity index (χ0) is 26.4. The summed E-state index contributed by atoms with van der Waals surface area (Å²) in [6.45, 7) is 7.68. The van der Waals surface area contributed by atoms with Gasteiger partial charge in [-0.1, -0.05) is 20.8 Å². The number of H-pyrrole nitrogens is 2. The zero-order valence-corrected chi connectivity index (χ0v) is 21.6. The van der Waals surface area contributed by atoms with Crippen molar-refractivity contribution in [2.45, 2.75) is 46.3 Å². The number of imidazole rings is 1. The van der Waals surface area contributed by atoms with E-state index in [1.165, 1.54) is 6.42 Å². The Hall–Kier alpha value is -4.12. The maximum absolute atomic E-state index is 16.1. The van der Waals surface area contributed by atoms with Gasteiger partial charge in [-0.3, -0.25) is 20.1 Å². The molecule has 6 heterocycles. The molecular formula is C27H30FN9O. The molecule has 10 nitrogen and oxygen atoms in total. The van der Waals surface area contributed by atoms with Crippen LogP contribution in [0.3, 0.4) is 0 Å². The Kier molecular flexibility index (Phi) is 5.94. The molecule has 0 amide bonds. The lowest BCUT2D eigenvalue weighted by molar-refractivity contribution is 0.0880. The fourth-order valence-electron chi connectivity index (χ4n) is 4.77. The molecule has 0 radical (unpaired) electrons. The van der Waals surface area contributed by atoms with Gasteiger partial charge in [0, 0.05) is 30.3 Å². The minimum Gasteiger partial charge on any atom is -0.373 e. The highest BCUT2D eigenvalue weighted by molar-refractivity contribution is 5.97. The van der Waals surface area contributed by atoms with E-state index in [1.807, 2.05) is 27.0 Å². The second kappa shape index (κ2) is 9.32. The van der Waals surface area contributed by atoms with E-state index in [9.17, 15) is 5.11 Å². The molecule has 0 aromatic carbocycles. The highest BCUT2D eigenvalue weighted by Crippen LogP contribution is 2.35. The van der Waals surface area contributed by atoms with Gasteiger partial charge in [-0.2, -0.15) is 5.10 Å². The molecule has 0 saturated carbocycles. The Morgan fingerprint density at radius 2 is 1.79 bits per heavy atom. The predicted molar refractivity (Wildman–Crippen MR) is 145 cm³/mol. The summed E-state index contributed by atoms with van der Waals surface area (Å²) in [5.41, 5.74) is 4.15. The predicted octanol–water partition coefficient (Wildman–Crippen LogP) is 4.86. The van der Waals surface area contributed by atoms with E-state index in [0.717, 1.165) is 42.7 Å². The summed E-state index contributed by atoms with van der Waals surface area (Å²) in [5.74, 6) is -0.0770. The maximum atomic E-state index is 16.1. The first-order valence-corrected chi connectivity index (χ1v) is 12.8. The molecule has 196 valence electrons. The van der Waals surface area contributed by atoms with E-state index >= 15 is 4.39 Å². The number of nitrogens with zero attached hydrogens (tertiary/aromatic N) is 6. The van der Waals surface area contributed by atoms with Crippen molar-refractivity contribution in [1.29, 1.82) is 0 Å². The number of fused-ring (bicyclic) bond motifs is 2. The van der Waals surface area contributed by atoms with E-state index in [2.05, 4.69) is 40.3 Å². The van der Waals surface area contributed by atoms with Crippen molar-refractivity contribution in [3.8, 4) is 22.8 Å². The number of hydrogen-bond donors (Lipinski definition) is 4. The van der Waals surface area contributed by atoms with Crippen LogP contribution in [-0.4, -0.2) is 59.5 Å². The average Bonchev–Trinajstić information content (AvgIpc) is 3.54. The van der Waals surface area contributed by atoms with Gasteiger partial charge < -0.3 is 20.3 Å². The molecule has 1 atom stereocenters. The number of aromatic nitrogens is 7. The lowest BCUT2D eigenvalue weighted by atomic mass is 9.94. The Balaban J connectivity index is 1.40. The van der Waals surface area contributed by atoms with Crippen LogP contribution in [0.25, 0.3) is 44.7 Å². The molecule has 1 aliphatic heterocycles. The quantitative estimate of drug-likeness (QED) is 0.244. The molecule has 0 bridgehead atoms. The van der Waals surface area contributed by atoms with Crippen LogP contribution in [0.4, 0.5) is 15.8 Å². The van der Waals surface area contributed by atoms with E-state index in [4.69, 9.17) is 4.98 Å². The first-order valence-electron chi connectivity index (χ1n) is 12.8. The molecule has 0 aliphatic carbocycles. The third kappa shape index (κ3) is 4.32. The fourth-order valence-corrected chi connectivity index (χ4v) is 4.77. The highest BCUT2D eigenvalue weighted by Gasteiger charge is 2.24. The monoisotopic (exact) mass is 515 g/mol. The molecule has 11 heteroatoms. The van der Waals surface area contributed by atoms with Crippen molar-refractivity contribution in [3.63, 3.8) is 0 Å². The van der Waals surface area contributed by atoms with Crippen molar-refractivity contribution >= 4 is 33.3 Å². The van der Waals surface area contributed by atoms with Crippen LogP contribution >= 0.6 is 0 Å². The highest BCUT2D eigenvalue weighted by atomic mass is 19.1. The summed E-state index contributed by atoms with van der Waals surface area (Å²) in [6.07, 6.45) is 11.0. The SMILES string of the molecule is CC(C)(C)C(O)Nc1cncc(-c2ncc3[nH]nc(-c4nc5c(N6CCCCC6)cncc5[nH]4)c3c2F)c1. The number of nitrogens with one attached hydrogen (secondary N) is 3. The average molecular weight is 516 g/mol. The smallest absolute Gasteiger partial charge is 0.161 e. The van der Waals surface area contributed by atoms with Gasteiger partial charge in [0.05, 0.1) is 52.6 Å². The zero-order valence-electron chi connectivity index (χ0n) is 21.6. The van der Waals surface area contributed by atoms with Crippen LogP contribution in [0.1, 0.15) is 40.0 Å². The van der Waals surface area contributed by atoms with Crippen molar-refractivity contribution < 1.29 is 9.50 Å². The van der Waals surface area contributed by atoms with E-state index in [0.29, 0.717) is 28.3 Å². The summed E-state index contributed by atoms with van der Waals surface area (Å²) in [6, 6.07) is 1.72. The molecule has 5 aromatic rings. The van der Waals surface area contributed by atoms with Gasteiger partial charge in [0.25, 0.3) is 0 Å². The molecule has 1 aliphatic rings. The maximum Gasteiger partial charge on any atom is 0.161 e. The summed E-state index contributed by atoms with van der Waals surface area (Å²) in [5, 5.41) is 21.0. The van der Waals surface area contributed by atoms with Gasteiger partial charge in [0.1, 0.15) is 23.1 Å². The fraction of sp³-hybridized carbons (Fsp3) is 0.370. The standard InChI is InChI=1S/C27H30FN9O/c1-27(2,3)26(38)32-16-9-15(10-29-11-16)22-21(28)20-17(13-31-22)35-36-24(20)25-33-18-12-30-14-19(23(18)34-25)37-7-5-4-6-8-37/h9-14,26,32,38H,4-8H2,1-3H3,(H,33,34)(H,35,36). The Morgan fingerprint density at radius 3 is 2.58 bits per heavy atom. The number of halogens is 1. The van der Waals surface area contributed by atoms with Crippen LogP contribution in [0.5, 0.6) is 0 Å². The van der Waals surface area contributed by atoms with Crippen molar-refractivity contribution in [3.05, 3.63) is 42.9 Å². The molecule has 0 spiro atoms. The van der Waals surface area contributed by atoms with Crippen LogP contribution in [0.2, 0.25) is 0 Å². The first kappa shape index (κ1) is 24.2. The molecule has 1 unspecified atom stereocenters. The Bertz CT molecular complexity index is 1610. The number of piperidine rings is 1. The lowest BCUT2D eigenvalue weighted by Crippen LogP contribution is -2.33. The van der Waals surface area contributed by atoms with Crippen LogP contribution in [0.15, 0.2) is 37.1 Å². The normalized spacial score (nSPS) is 15.3. The molecule has 38 heavy (non-hydrogen) atoms. The number of aliphatic hydroxyl groups excluding tert-OH is 1. The van der Waals surface area contributed by atoms with Crippen LogP contribution < -0.4 is 10.2 Å². The number of aromatic amines is 2.